The van der Waals surface area contributed by atoms with Crippen molar-refractivity contribution < 1.29 is 4.79 Å². The van der Waals surface area contributed by atoms with Gasteiger partial charge in [0.1, 0.15) is 0 Å². The fourth-order valence-corrected chi connectivity index (χ4v) is 3.17. The topological polar surface area (TPSA) is 77.6 Å². The zero-order valence-electron chi connectivity index (χ0n) is 15.4. The molecule has 2 heterocycles. The number of aromatic nitrogens is 5. The molecular formula is C20H20N6O. The lowest BCUT2D eigenvalue weighted by molar-refractivity contribution is 0.102. The summed E-state index contributed by atoms with van der Waals surface area (Å²) in [6.45, 7) is 4.25. The number of hydrogen-bond acceptors (Lipinski definition) is 4. The van der Waals surface area contributed by atoms with Crippen molar-refractivity contribution >= 4 is 22.5 Å². The van der Waals surface area contributed by atoms with Crippen molar-refractivity contribution in [1.29, 1.82) is 0 Å². The lowest BCUT2D eigenvalue weighted by Crippen LogP contribution is -2.12. The average Bonchev–Trinajstić information content (AvgIpc) is 3.28. The van der Waals surface area contributed by atoms with Crippen LogP contribution in [0.5, 0.6) is 0 Å². The number of hydrogen-bond donors (Lipinski definition) is 1. The highest BCUT2D eigenvalue weighted by Gasteiger charge is 2.14. The molecular weight excluding hydrogens is 340 g/mol. The van der Waals surface area contributed by atoms with Gasteiger partial charge in [-0.1, -0.05) is 18.2 Å². The van der Waals surface area contributed by atoms with E-state index in [0.29, 0.717) is 23.1 Å². The Kier molecular flexibility index (Phi) is 4.19. The van der Waals surface area contributed by atoms with Gasteiger partial charge in [0.15, 0.2) is 0 Å². The van der Waals surface area contributed by atoms with Gasteiger partial charge in [0.2, 0.25) is 5.82 Å². The van der Waals surface area contributed by atoms with E-state index in [1.165, 1.54) is 4.80 Å². The number of rotatable bonds is 4. The Balaban J connectivity index is 1.64. The highest BCUT2D eigenvalue weighted by molar-refractivity contribution is 6.12. The van der Waals surface area contributed by atoms with E-state index >= 15 is 0 Å². The second-order valence-corrected chi connectivity index (χ2v) is 6.69. The van der Waals surface area contributed by atoms with Gasteiger partial charge in [-0.15, -0.1) is 10.2 Å². The predicted octanol–water partition coefficient (Wildman–Crippen LogP) is 3.67. The number of fused-ring (bicyclic) bond motifs is 1. The molecule has 1 N–H and O–H groups in total. The second-order valence-electron chi connectivity index (χ2n) is 6.69. The number of anilines is 1. The number of tetrazole rings is 1. The lowest BCUT2D eigenvalue weighted by atomic mass is 10.1. The third-order valence-electron chi connectivity index (χ3n) is 4.45. The minimum absolute atomic E-state index is 0.147. The SMILES string of the molecule is CC(C)n1ccc2c(C(=O)Nc3cccc(-c4nnn(C)n4)c3)cccc21. The van der Waals surface area contributed by atoms with Crippen LogP contribution >= 0.6 is 0 Å². The molecule has 27 heavy (non-hydrogen) atoms. The van der Waals surface area contributed by atoms with E-state index in [9.17, 15) is 4.79 Å². The summed E-state index contributed by atoms with van der Waals surface area (Å²) in [4.78, 5) is 14.3. The molecule has 0 unspecified atom stereocenters. The van der Waals surface area contributed by atoms with Crippen LogP contribution < -0.4 is 5.32 Å². The van der Waals surface area contributed by atoms with Gasteiger partial charge >= 0.3 is 0 Å². The van der Waals surface area contributed by atoms with E-state index in [0.717, 1.165) is 16.5 Å². The van der Waals surface area contributed by atoms with Gasteiger partial charge in [-0.05, 0) is 49.4 Å². The van der Waals surface area contributed by atoms with Crippen molar-refractivity contribution in [3.63, 3.8) is 0 Å². The van der Waals surface area contributed by atoms with Crippen LogP contribution in [0.3, 0.4) is 0 Å². The maximum absolute atomic E-state index is 12.9. The number of aryl methyl sites for hydroxylation is 1. The Labute approximate surface area is 156 Å². The fourth-order valence-electron chi connectivity index (χ4n) is 3.17. The molecule has 0 radical (unpaired) electrons. The highest BCUT2D eigenvalue weighted by atomic mass is 16.1. The highest BCUT2D eigenvalue weighted by Crippen LogP contribution is 2.25. The lowest BCUT2D eigenvalue weighted by Gasteiger charge is -2.11. The average molecular weight is 360 g/mol. The molecule has 0 fully saturated rings. The molecule has 2 aromatic heterocycles. The van der Waals surface area contributed by atoms with Gasteiger partial charge in [-0.25, -0.2) is 0 Å². The van der Waals surface area contributed by atoms with Gasteiger partial charge in [-0.3, -0.25) is 4.79 Å². The Bertz CT molecular complexity index is 1120. The van der Waals surface area contributed by atoms with Crippen molar-refractivity contribution in [3.8, 4) is 11.4 Å². The van der Waals surface area contributed by atoms with Crippen LogP contribution in [0.1, 0.15) is 30.2 Å². The van der Waals surface area contributed by atoms with E-state index in [2.05, 4.69) is 39.1 Å². The number of carbonyl (C=O) groups is 1. The number of benzene rings is 2. The molecule has 0 saturated carbocycles. The first-order valence-electron chi connectivity index (χ1n) is 8.78. The maximum atomic E-state index is 12.9. The molecule has 0 aliphatic carbocycles. The van der Waals surface area contributed by atoms with Crippen LogP contribution in [-0.2, 0) is 7.05 Å². The summed E-state index contributed by atoms with van der Waals surface area (Å²) in [7, 11) is 1.71. The summed E-state index contributed by atoms with van der Waals surface area (Å²) in [5.41, 5.74) is 3.18. The quantitative estimate of drug-likeness (QED) is 0.602. The molecule has 2 aromatic carbocycles. The zero-order chi connectivity index (χ0) is 19.0. The fraction of sp³-hybridized carbons (Fsp3) is 0.200. The van der Waals surface area contributed by atoms with Crippen LogP contribution in [0.15, 0.2) is 54.7 Å². The number of nitrogens with zero attached hydrogens (tertiary/aromatic N) is 5. The molecule has 0 aliphatic heterocycles. The third-order valence-corrected chi connectivity index (χ3v) is 4.45. The number of amides is 1. The van der Waals surface area contributed by atoms with Crippen LogP contribution in [0, 0.1) is 0 Å². The van der Waals surface area contributed by atoms with E-state index in [1.807, 2.05) is 54.7 Å². The minimum atomic E-state index is -0.147. The Morgan fingerprint density at radius 2 is 1.93 bits per heavy atom. The van der Waals surface area contributed by atoms with E-state index in [-0.39, 0.29) is 5.91 Å². The molecule has 0 saturated heterocycles. The Morgan fingerprint density at radius 1 is 1.11 bits per heavy atom. The van der Waals surface area contributed by atoms with Crippen LogP contribution in [-0.4, -0.2) is 30.7 Å². The summed E-state index contributed by atoms with van der Waals surface area (Å²) >= 11 is 0. The summed E-state index contributed by atoms with van der Waals surface area (Å²) < 4.78 is 2.16. The molecule has 0 atom stereocenters. The van der Waals surface area contributed by atoms with Crippen LogP contribution in [0.25, 0.3) is 22.3 Å². The smallest absolute Gasteiger partial charge is 0.256 e. The number of carbonyl (C=O) groups excluding carboxylic acids is 1. The first kappa shape index (κ1) is 17.0. The second kappa shape index (κ2) is 6.68. The van der Waals surface area contributed by atoms with Crippen molar-refractivity contribution in [3.05, 3.63) is 60.3 Å². The van der Waals surface area contributed by atoms with Crippen molar-refractivity contribution in [1.82, 2.24) is 24.8 Å². The number of nitrogens with one attached hydrogen (secondary N) is 1. The summed E-state index contributed by atoms with van der Waals surface area (Å²) in [6.07, 6.45) is 2.02. The predicted molar refractivity (Wildman–Crippen MR) is 105 cm³/mol. The third kappa shape index (κ3) is 3.19. The van der Waals surface area contributed by atoms with E-state index in [1.54, 1.807) is 7.05 Å². The van der Waals surface area contributed by atoms with Gasteiger partial charge in [0.25, 0.3) is 5.91 Å². The van der Waals surface area contributed by atoms with E-state index in [4.69, 9.17) is 0 Å². The van der Waals surface area contributed by atoms with Gasteiger partial charge < -0.3 is 9.88 Å². The first-order valence-corrected chi connectivity index (χ1v) is 8.78. The molecule has 4 aromatic rings. The maximum Gasteiger partial charge on any atom is 0.256 e. The molecule has 7 heteroatoms. The summed E-state index contributed by atoms with van der Waals surface area (Å²) in [5.74, 6) is 0.371. The summed E-state index contributed by atoms with van der Waals surface area (Å²) in [5, 5.41) is 16.0. The molecule has 136 valence electrons. The molecule has 0 bridgehead atoms. The standard InChI is InChI=1S/C20H20N6O/c1-13(2)26-11-10-16-17(8-5-9-18(16)26)20(27)21-15-7-4-6-14(12-15)19-22-24-25(3)23-19/h4-13H,1-3H3,(H,21,27). The monoisotopic (exact) mass is 360 g/mol. The van der Waals surface area contributed by atoms with Crippen molar-refractivity contribution in [2.24, 2.45) is 7.05 Å². The summed E-state index contributed by atoms with van der Waals surface area (Å²) in [6, 6.07) is 15.5. The van der Waals surface area contributed by atoms with Gasteiger partial charge in [0.05, 0.1) is 7.05 Å². The molecule has 1 amide bonds. The normalized spacial score (nSPS) is 11.3. The zero-order valence-corrected chi connectivity index (χ0v) is 15.4. The van der Waals surface area contributed by atoms with Crippen LogP contribution in [0.4, 0.5) is 5.69 Å². The van der Waals surface area contributed by atoms with E-state index < -0.39 is 0 Å². The van der Waals surface area contributed by atoms with Gasteiger partial charge in [0, 0.05) is 40.0 Å². The Hall–Kier alpha value is -3.48. The van der Waals surface area contributed by atoms with Gasteiger partial charge in [-0.2, -0.15) is 4.80 Å². The van der Waals surface area contributed by atoms with Crippen molar-refractivity contribution in [2.75, 3.05) is 5.32 Å². The minimum Gasteiger partial charge on any atom is -0.345 e. The largest absolute Gasteiger partial charge is 0.345 e. The molecule has 4 rings (SSSR count). The molecule has 7 nitrogen and oxygen atoms in total. The molecule has 0 spiro atoms. The Morgan fingerprint density at radius 3 is 2.67 bits per heavy atom. The van der Waals surface area contributed by atoms with Crippen molar-refractivity contribution in [2.45, 2.75) is 19.9 Å². The van der Waals surface area contributed by atoms with Crippen LogP contribution in [0.2, 0.25) is 0 Å². The first-order chi connectivity index (χ1) is 13.0. The molecule has 0 aliphatic rings.